The second kappa shape index (κ2) is 10.4. The molecule has 11 nitrogen and oxygen atoms in total. The molecule has 0 aromatic carbocycles. The van der Waals surface area contributed by atoms with Crippen LogP contribution in [0.5, 0.6) is 0 Å². The van der Waals surface area contributed by atoms with E-state index in [1.807, 2.05) is 41.3 Å². The van der Waals surface area contributed by atoms with Crippen molar-refractivity contribution in [3.8, 4) is 17.2 Å². The summed E-state index contributed by atoms with van der Waals surface area (Å²) in [6.07, 6.45) is 10.2. The van der Waals surface area contributed by atoms with Crippen LogP contribution in [0.25, 0.3) is 22.2 Å². The van der Waals surface area contributed by atoms with Gasteiger partial charge >= 0.3 is 0 Å². The fraction of sp³-hybridized carbons (Fsp3) is 0.267. The Balaban J connectivity index is 1.24. The molecular weight excluding hydrogens is 516 g/mol. The first-order valence-corrected chi connectivity index (χ1v) is 13.5. The summed E-state index contributed by atoms with van der Waals surface area (Å²) >= 11 is 0. The number of nitrogens with zero attached hydrogens (tertiary/aromatic N) is 8. The number of anilines is 2. The van der Waals surface area contributed by atoms with Crippen molar-refractivity contribution >= 4 is 34.8 Å². The molecule has 0 bridgehead atoms. The van der Waals surface area contributed by atoms with Gasteiger partial charge in [-0.1, -0.05) is 6.07 Å². The zero-order valence-electron chi connectivity index (χ0n) is 22.7. The van der Waals surface area contributed by atoms with Crippen molar-refractivity contribution in [2.45, 2.75) is 18.3 Å². The fourth-order valence-corrected chi connectivity index (χ4v) is 5.56. The number of rotatable bonds is 6. The number of hydrogen-bond acceptors (Lipinski definition) is 9. The minimum atomic E-state index is -0.454. The molecule has 4 aromatic heterocycles. The van der Waals surface area contributed by atoms with Crippen molar-refractivity contribution in [2.24, 2.45) is 10.7 Å². The van der Waals surface area contributed by atoms with Gasteiger partial charge in [0.25, 0.3) is 0 Å². The van der Waals surface area contributed by atoms with E-state index < -0.39 is 5.41 Å². The molecule has 11 heteroatoms. The molecule has 0 atom stereocenters. The minimum absolute atomic E-state index is 0.154. The Labute approximate surface area is 237 Å². The number of carbonyl (C=O) groups excluding carboxylic acids is 1. The Hall–Kier alpha value is -5.24. The molecule has 41 heavy (non-hydrogen) atoms. The number of aromatic nitrogens is 4. The largest absolute Gasteiger partial charge is 0.404 e. The van der Waals surface area contributed by atoms with Crippen LogP contribution in [0.2, 0.25) is 0 Å². The molecule has 2 aliphatic rings. The first-order chi connectivity index (χ1) is 20.0. The first kappa shape index (κ1) is 26.0. The molecule has 4 aromatic rings. The van der Waals surface area contributed by atoms with Crippen LogP contribution in [0, 0.1) is 11.3 Å². The van der Waals surface area contributed by atoms with Crippen LogP contribution < -0.4 is 16.4 Å². The summed E-state index contributed by atoms with van der Waals surface area (Å²) in [5, 5.41) is 14.1. The molecule has 5 heterocycles. The molecule has 4 N–H and O–H groups in total. The molecule has 6 rings (SSSR count). The van der Waals surface area contributed by atoms with Crippen LogP contribution in [0.1, 0.15) is 29.7 Å². The van der Waals surface area contributed by atoms with Gasteiger partial charge in [0.05, 0.1) is 16.6 Å². The van der Waals surface area contributed by atoms with Gasteiger partial charge < -0.3 is 21.3 Å². The number of piperazine rings is 1. The zero-order chi connectivity index (χ0) is 28.6. The zero-order valence-corrected chi connectivity index (χ0v) is 22.7. The van der Waals surface area contributed by atoms with E-state index in [0.29, 0.717) is 42.8 Å². The molecule has 1 saturated heterocycles. The number of nitriles is 1. The van der Waals surface area contributed by atoms with Crippen LogP contribution in [-0.2, 0) is 10.2 Å². The van der Waals surface area contributed by atoms with E-state index in [-0.39, 0.29) is 11.7 Å². The van der Waals surface area contributed by atoms with Gasteiger partial charge in [-0.05, 0) is 43.2 Å². The summed E-state index contributed by atoms with van der Waals surface area (Å²) in [6, 6.07) is 13.8. The lowest BCUT2D eigenvalue weighted by molar-refractivity contribution is -0.134. The number of hydrogen-bond donors (Lipinski definition) is 2. The number of nitrogen functional groups attached to an aromatic ring is 1. The average Bonchev–Trinajstić information content (AvgIpc) is 3.77. The molecule has 1 amide bonds. The first-order valence-electron chi connectivity index (χ1n) is 13.5. The van der Waals surface area contributed by atoms with Gasteiger partial charge in [0.1, 0.15) is 17.5 Å². The Morgan fingerprint density at radius 2 is 1.95 bits per heavy atom. The maximum Gasteiger partial charge on any atom is 0.234 e. The summed E-state index contributed by atoms with van der Waals surface area (Å²) in [6.45, 7) is 2.64. The van der Waals surface area contributed by atoms with Crippen molar-refractivity contribution in [2.75, 3.05) is 43.9 Å². The van der Waals surface area contributed by atoms with Gasteiger partial charge in [-0.25, -0.2) is 9.50 Å². The number of aliphatic imine (C=N–C) groups is 1. The van der Waals surface area contributed by atoms with Crippen LogP contribution >= 0.6 is 0 Å². The lowest BCUT2D eigenvalue weighted by Crippen LogP contribution is -2.51. The highest BCUT2D eigenvalue weighted by atomic mass is 16.2. The van der Waals surface area contributed by atoms with Gasteiger partial charge in [0.2, 0.25) is 5.91 Å². The topological polar surface area (TPSA) is 155 Å². The Morgan fingerprint density at radius 3 is 2.56 bits per heavy atom. The summed E-state index contributed by atoms with van der Waals surface area (Å²) in [7, 11) is 1.67. The van der Waals surface area contributed by atoms with Crippen molar-refractivity contribution in [3.63, 3.8) is 0 Å². The lowest BCUT2D eigenvalue weighted by Gasteiger charge is -2.37. The van der Waals surface area contributed by atoms with Gasteiger partial charge in [-0.15, -0.1) is 5.10 Å². The minimum Gasteiger partial charge on any atom is -0.404 e. The van der Waals surface area contributed by atoms with Crippen molar-refractivity contribution in [1.82, 2.24) is 24.5 Å². The highest BCUT2D eigenvalue weighted by Gasteiger charge is 2.54. The van der Waals surface area contributed by atoms with Gasteiger partial charge in [-0.3, -0.25) is 14.8 Å². The highest BCUT2D eigenvalue weighted by Crippen LogP contribution is 2.48. The average molecular weight is 547 g/mol. The SMILES string of the molecule is CN=CC(=CN)c1cc(-c2ccc(N3CCN(C(=O)C4(c5ccccn5)CC4)CC3)nc2)c2c(C#N)c(N)nn2c1. The van der Waals surface area contributed by atoms with Crippen LogP contribution in [-0.4, -0.2) is 69.8 Å². The van der Waals surface area contributed by atoms with Crippen molar-refractivity contribution < 1.29 is 4.79 Å². The number of amides is 1. The molecule has 0 spiro atoms. The molecule has 0 radical (unpaired) electrons. The van der Waals surface area contributed by atoms with Gasteiger partial charge in [0, 0.05) is 86.5 Å². The van der Waals surface area contributed by atoms with E-state index in [0.717, 1.165) is 41.0 Å². The third-order valence-corrected chi connectivity index (χ3v) is 7.91. The summed E-state index contributed by atoms with van der Waals surface area (Å²) in [4.78, 5) is 30.9. The summed E-state index contributed by atoms with van der Waals surface area (Å²) in [5.74, 6) is 1.16. The van der Waals surface area contributed by atoms with Gasteiger partial charge in [0.15, 0.2) is 5.82 Å². The summed E-state index contributed by atoms with van der Waals surface area (Å²) < 4.78 is 1.60. The van der Waals surface area contributed by atoms with Crippen molar-refractivity contribution in [1.29, 1.82) is 5.26 Å². The maximum absolute atomic E-state index is 13.4. The Kier molecular flexibility index (Phi) is 6.59. The molecule has 0 unspecified atom stereocenters. The predicted octanol–water partition coefficient (Wildman–Crippen LogP) is 2.63. The Bertz CT molecular complexity index is 1700. The number of nitrogens with two attached hydrogens (primary N) is 2. The van der Waals surface area contributed by atoms with Crippen molar-refractivity contribution in [3.05, 3.63) is 78.0 Å². The summed E-state index contributed by atoms with van der Waals surface area (Å²) in [5.41, 5.74) is 16.3. The number of allylic oxidation sites excluding steroid dienone is 1. The van der Waals surface area contributed by atoms with E-state index in [1.165, 1.54) is 6.20 Å². The molecular formula is C30H30N10O. The van der Waals surface area contributed by atoms with E-state index >= 15 is 0 Å². The van der Waals surface area contributed by atoms with Crippen LogP contribution in [0.15, 0.2) is 66.2 Å². The fourth-order valence-electron chi connectivity index (χ4n) is 5.56. The lowest BCUT2D eigenvalue weighted by atomic mass is 9.99. The van der Waals surface area contributed by atoms with Gasteiger partial charge in [-0.2, -0.15) is 5.26 Å². The molecule has 1 saturated carbocycles. The monoisotopic (exact) mass is 546 g/mol. The molecule has 206 valence electrons. The maximum atomic E-state index is 13.4. The standard InChI is InChI=1S/C30H30N10O/c1-34-17-22(15-31)21-14-23(27-24(16-32)28(33)37-40(27)19-21)20-5-6-26(36-18-20)38-10-12-39(13-11-38)29(41)30(7-8-30)25-4-2-3-9-35-25/h2-6,9,14-15,17-19H,7-8,10-13,31H2,1H3,(H2,33,37). The second-order valence-corrected chi connectivity index (χ2v) is 10.3. The number of carbonyl (C=O) groups is 1. The highest BCUT2D eigenvalue weighted by molar-refractivity contribution is 6.10. The predicted molar refractivity (Wildman–Crippen MR) is 158 cm³/mol. The molecule has 2 fully saturated rings. The third kappa shape index (κ3) is 4.53. The second-order valence-electron chi connectivity index (χ2n) is 10.3. The normalized spacial score (nSPS) is 16.7. The number of fused-ring (bicyclic) bond motifs is 1. The van der Waals surface area contributed by atoms with E-state index in [4.69, 9.17) is 16.5 Å². The molecule has 1 aliphatic carbocycles. The van der Waals surface area contributed by atoms with E-state index in [2.05, 4.69) is 26.0 Å². The number of pyridine rings is 3. The third-order valence-electron chi connectivity index (χ3n) is 7.91. The Morgan fingerprint density at radius 1 is 1.15 bits per heavy atom. The van der Waals surface area contributed by atoms with E-state index in [1.54, 1.807) is 36.4 Å². The van der Waals surface area contributed by atoms with Crippen LogP contribution in [0.3, 0.4) is 0 Å². The van der Waals surface area contributed by atoms with Crippen LogP contribution in [0.4, 0.5) is 11.6 Å². The smallest absolute Gasteiger partial charge is 0.234 e. The molecule has 1 aliphatic heterocycles. The van der Waals surface area contributed by atoms with E-state index in [9.17, 15) is 10.1 Å². The quantitative estimate of drug-likeness (QED) is 0.350.